The summed E-state index contributed by atoms with van der Waals surface area (Å²) in [5.74, 6) is -0.871. The van der Waals surface area contributed by atoms with Gasteiger partial charge in [0.05, 0.1) is 0 Å². The molecule has 0 spiro atoms. The quantitative estimate of drug-likeness (QED) is 0.0261. The van der Waals surface area contributed by atoms with Crippen molar-refractivity contribution in [1.29, 1.82) is 0 Å². The van der Waals surface area contributed by atoms with Crippen LogP contribution in [-0.4, -0.2) is 37.2 Å². The fourth-order valence-electron chi connectivity index (χ4n) is 10.6. The molecule has 1 atom stereocenters. The van der Waals surface area contributed by atoms with Crippen LogP contribution in [0.5, 0.6) is 0 Å². The number of carbonyl (C=O) groups excluding carboxylic acids is 3. The van der Waals surface area contributed by atoms with Crippen LogP contribution >= 0.6 is 0 Å². The van der Waals surface area contributed by atoms with Gasteiger partial charge >= 0.3 is 17.9 Å². The molecule has 0 radical (unpaired) electrons. The molecule has 0 N–H and O–H groups in total. The van der Waals surface area contributed by atoms with Gasteiger partial charge in [0.15, 0.2) is 6.10 Å². The van der Waals surface area contributed by atoms with Crippen molar-refractivity contribution in [3.05, 3.63) is 72.9 Å². The van der Waals surface area contributed by atoms with Crippen LogP contribution in [0.1, 0.15) is 374 Å². The third-order valence-corrected chi connectivity index (χ3v) is 15.9. The zero-order chi connectivity index (χ0) is 59.2. The lowest BCUT2D eigenvalue weighted by molar-refractivity contribution is -0.167. The molecule has 0 aliphatic rings. The normalized spacial score (nSPS) is 12.5. The van der Waals surface area contributed by atoms with Crippen LogP contribution in [0.3, 0.4) is 0 Å². The summed E-state index contributed by atoms with van der Waals surface area (Å²) in [7, 11) is 0. The fraction of sp³-hybridized carbons (Fsp3) is 0.803. The Morgan fingerprint density at radius 3 is 0.756 bits per heavy atom. The second kappa shape index (κ2) is 70.3. The van der Waals surface area contributed by atoms with Crippen molar-refractivity contribution in [1.82, 2.24) is 0 Å². The highest BCUT2D eigenvalue weighted by Crippen LogP contribution is 2.18. The summed E-state index contributed by atoms with van der Waals surface area (Å²) in [5.41, 5.74) is 0. The van der Waals surface area contributed by atoms with E-state index >= 15 is 0 Å². The summed E-state index contributed by atoms with van der Waals surface area (Å²) >= 11 is 0. The molecule has 6 nitrogen and oxygen atoms in total. The Bertz CT molecular complexity index is 1500. The van der Waals surface area contributed by atoms with Gasteiger partial charge in [-0.2, -0.15) is 0 Å². The standard InChI is InChI=1S/C76H136O6/c1-4-7-10-13-16-19-22-25-28-31-34-36-37-38-39-41-42-45-48-51-54-57-60-63-66-69-75(78)81-72-73(71-80-74(77)68-65-62-59-56-53-50-47-44-33-30-27-24-21-18-15-12-9-6-3)82-76(79)70-67-64-61-58-55-52-49-46-43-40-35-32-29-26-23-20-17-14-11-8-5-2/h8,11,17,20-21,24,26,29-30,33,35,40,73H,4-7,9-10,12-16,18-19,22-23,25,27-28,31-32,34,36-39,41-72H2,1-3H3/b11-8-,20-17-,24-21-,29-26-,33-30-,40-35-. The smallest absolute Gasteiger partial charge is 0.306 e. The Kier molecular flexibility index (Phi) is 67.6. The minimum Gasteiger partial charge on any atom is -0.462 e. The van der Waals surface area contributed by atoms with Gasteiger partial charge in [0.25, 0.3) is 0 Å². The lowest BCUT2D eigenvalue weighted by atomic mass is 10.0. The highest BCUT2D eigenvalue weighted by atomic mass is 16.6. The van der Waals surface area contributed by atoms with Gasteiger partial charge in [-0.25, -0.2) is 0 Å². The van der Waals surface area contributed by atoms with E-state index < -0.39 is 6.10 Å². The third-order valence-electron chi connectivity index (χ3n) is 15.9. The SMILES string of the molecule is CC/C=C\C/C=C\C/C=C\C/C=C\CCCCCCCCCCC(=O)OC(COC(=O)CCCCCCCCC/C=C\C/C=C\CCCCCC)COC(=O)CCCCCCCCCCCCCCCCCCCCCCCCCCC. The molecule has 1 unspecified atom stereocenters. The van der Waals surface area contributed by atoms with Crippen molar-refractivity contribution in [2.45, 2.75) is 380 Å². The predicted molar refractivity (Wildman–Crippen MR) is 358 cm³/mol. The largest absolute Gasteiger partial charge is 0.462 e. The highest BCUT2D eigenvalue weighted by molar-refractivity contribution is 5.71. The Morgan fingerprint density at radius 2 is 0.476 bits per heavy atom. The average molecular weight is 1150 g/mol. The van der Waals surface area contributed by atoms with E-state index in [0.29, 0.717) is 19.3 Å². The van der Waals surface area contributed by atoms with Gasteiger partial charge in [0.2, 0.25) is 0 Å². The molecule has 0 amide bonds. The van der Waals surface area contributed by atoms with Crippen molar-refractivity contribution in [2.75, 3.05) is 13.2 Å². The molecular weight excluding hydrogens is 1010 g/mol. The first-order chi connectivity index (χ1) is 40.5. The van der Waals surface area contributed by atoms with Gasteiger partial charge in [-0.05, 0) is 89.9 Å². The predicted octanol–water partition coefficient (Wildman–Crippen LogP) is 24.8. The third kappa shape index (κ3) is 67.6. The first-order valence-electron chi connectivity index (χ1n) is 35.9. The van der Waals surface area contributed by atoms with Gasteiger partial charge in [0, 0.05) is 19.3 Å². The summed E-state index contributed by atoms with van der Waals surface area (Å²) in [6, 6.07) is 0. The Hall–Kier alpha value is -3.15. The first kappa shape index (κ1) is 78.8. The molecule has 0 saturated heterocycles. The van der Waals surface area contributed by atoms with Crippen LogP contribution in [0.2, 0.25) is 0 Å². The summed E-state index contributed by atoms with van der Waals surface area (Å²) in [5, 5.41) is 0. The van der Waals surface area contributed by atoms with Crippen LogP contribution in [-0.2, 0) is 28.6 Å². The molecule has 0 bridgehead atoms. The molecule has 0 aromatic heterocycles. The van der Waals surface area contributed by atoms with Crippen LogP contribution in [0, 0.1) is 0 Å². The topological polar surface area (TPSA) is 78.9 Å². The Balaban J connectivity index is 4.33. The van der Waals surface area contributed by atoms with E-state index in [1.54, 1.807) is 0 Å². The van der Waals surface area contributed by atoms with Crippen molar-refractivity contribution in [3.63, 3.8) is 0 Å². The number of carbonyl (C=O) groups is 3. The maximum atomic E-state index is 13.0. The van der Waals surface area contributed by atoms with Crippen molar-refractivity contribution >= 4 is 17.9 Å². The summed E-state index contributed by atoms with van der Waals surface area (Å²) in [4.78, 5) is 38.5. The Labute approximate surface area is 510 Å². The molecule has 82 heavy (non-hydrogen) atoms. The number of allylic oxidation sites excluding steroid dienone is 12. The molecule has 0 aromatic rings. The number of hydrogen-bond acceptors (Lipinski definition) is 6. The minimum absolute atomic E-state index is 0.0778. The maximum Gasteiger partial charge on any atom is 0.306 e. The lowest BCUT2D eigenvalue weighted by Crippen LogP contribution is -2.30. The number of ether oxygens (including phenoxy) is 3. The van der Waals surface area contributed by atoms with Gasteiger partial charge in [-0.3, -0.25) is 14.4 Å². The monoisotopic (exact) mass is 1150 g/mol. The fourth-order valence-corrected chi connectivity index (χ4v) is 10.6. The van der Waals surface area contributed by atoms with Crippen LogP contribution < -0.4 is 0 Å². The van der Waals surface area contributed by atoms with Gasteiger partial charge in [-0.15, -0.1) is 0 Å². The molecule has 0 aliphatic carbocycles. The first-order valence-corrected chi connectivity index (χ1v) is 35.9. The zero-order valence-electron chi connectivity index (χ0n) is 54.8. The molecule has 6 heteroatoms. The second-order valence-electron chi connectivity index (χ2n) is 24.1. The summed E-state index contributed by atoms with van der Waals surface area (Å²) in [6.07, 6.45) is 92.1. The highest BCUT2D eigenvalue weighted by Gasteiger charge is 2.19. The minimum atomic E-state index is -0.784. The molecule has 0 aliphatic heterocycles. The maximum absolute atomic E-state index is 13.0. The van der Waals surface area contributed by atoms with Crippen LogP contribution in [0.25, 0.3) is 0 Å². The van der Waals surface area contributed by atoms with E-state index in [2.05, 4.69) is 93.7 Å². The summed E-state index contributed by atoms with van der Waals surface area (Å²) < 4.78 is 17.0. The van der Waals surface area contributed by atoms with Crippen molar-refractivity contribution in [3.8, 4) is 0 Å². The van der Waals surface area contributed by atoms with Crippen LogP contribution in [0.15, 0.2) is 72.9 Å². The van der Waals surface area contributed by atoms with Crippen molar-refractivity contribution in [2.24, 2.45) is 0 Å². The zero-order valence-corrected chi connectivity index (χ0v) is 54.8. The second-order valence-corrected chi connectivity index (χ2v) is 24.1. The average Bonchev–Trinajstić information content (AvgIpc) is 3.47. The molecule has 0 saturated carbocycles. The number of esters is 3. The van der Waals surface area contributed by atoms with Gasteiger partial charge in [0.1, 0.15) is 13.2 Å². The van der Waals surface area contributed by atoms with Crippen molar-refractivity contribution < 1.29 is 28.6 Å². The van der Waals surface area contributed by atoms with E-state index in [-0.39, 0.29) is 31.1 Å². The molecule has 0 rings (SSSR count). The van der Waals surface area contributed by atoms with E-state index in [4.69, 9.17) is 14.2 Å². The van der Waals surface area contributed by atoms with E-state index in [9.17, 15) is 14.4 Å². The summed E-state index contributed by atoms with van der Waals surface area (Å²) in [6.45, 7) is 6.56. The van der Waals surface area contributed by atoms with Crippen LogP contribution in [0.4, 0.5) is 0 Å². The number of unbranched alkanes of at least 4 members (excludes halogenated alkanes) is 43. The van der Waals surface area contributed by atoms with Gasteiger partial charge in [-0.1, -0.05) is 338 Å². The van der Waals surface area contributed by atoms with E-state index in [1.165, 1.54) is 231 Å². The molecule has 0 fully saturated rings. The molecular formula is C76H136O6. The number of hydrogen-bond donors (Lipinski definition) is 0. The lowest BCUT2D eigenvalue weighted by Gasteiger charge is -2.18. The molecule has 0 heterocycles. The molecule has 476 valence electrons. The van der Waals surface area contributed by atoms with E-state index in [1.807, 2.05) is 0 Å². The Morgan fingerprint density at radius 1 is 0.256 bits per heavy atom. The van der Waals surface area contributed by atoms with E-state index in [0.717, 1.165) is 103 Å². The van der Waals surface area contributed by atoms with Gasteiger partial charge < -0.3 is 14.2 Å². The molecule has 0 aromatic carbocycles. The number of rotatable bonds is 66.